The Bertz CT molecular complexity index is 610. The van der Waals surface area contributed by atoms with Gasteiger partial charge in [0.05, 0.1) is 12.0 Å². The molecule has 0 amide bonds. The second-order valence-electron chi connectivity index (χ2n) is 3.88. The highest BCUT2D eigenvalue weighted by Gasteiger charge is 2.27. The average Bonchev–Trinajstić information content (AvgIpc) is 2.61. The van der Waals surface area contributed by atoms with Gasteiger partial charge in [-0.1, -0.05) is 46.3 Å². The van der Waals surface area contributed by atoms with E-state index in [2.05, 4.69) is 34.1 Å². The first-order valence-corrected chi connectivity index (χ1v) is 5.89. The highest BCUT2D eigenvalue weighted by atomic mass is 79.9. The van der Waals surface area contributed by atoms with E-state index in [0.717, 1.165) is 15.6 Å². The third-order valence-electron chi connectivity index (χ3n) is 3.02. The van der Waals surface area contributed by atoms with Gasteiger partial charge in [0.1, 0.15) is 0 Å². The molecule has 0 N–H and O–H groups in total. The molecule has 2 aromatic carbocycles. The van der Waals surface area contributed by atoms with E-state index < -0.39 is 0 Å². The summed E-state index contributed by atoms with van der Waals surface area (Å²) < 4.78 is 1.03. The molecule has 0 saturated carbocycles. The summed E-state index contributed by atoms with van der Waals surface area (Å²) in [5, 5.41) is 9.29. The van der Waals surface area contributed by atoms with Crippen molar-refractivity contribution in [3.8, 4) is 17.2 Å². The fourth-order valence-electron chi connectivity index (χ4n) is 2.32. The van der Waals surface area contributed by atoms with Crippen LogP contribution in [0.5, 0.6) is 0 Å². The van der Waals surface area contributed by atoms with Crippen molar-refractivity contribution in [2.75, 3.05) is 0 Å². The first-order chi connectivity index (χ1) is 7.81. The Kier molecular flexibility index (Phi) is 2.08. The van der Waals surface area contributed by atoms with E-state index in [9.17, 15) is 5.26 Å². The van der Waals surface area contributed by atoms with Gasteiger partial charge in [0, 0.05) is 4.47 Å². The Hall–Kier alpha value is -1.59. The van der Waals surface area contributed by atoms with Crippen LogP contribution in [0.1, 0.15) is 17.0 Å². The maximum atomic E-state index is 9.29. The molecule has 2 heteroatoms. The lowest BCUT2D eigenvalue weighted by Gasteiger charge is -2.03. The number of nitriles is 1. The van der Waals surface area contributed by atoms with Crippen molar-refractivity contribution in [2.24, 2.45) is 0 Å². The first-order valence-electron chi connectivity index (χ1n) is 5.09. The van der Waals surface area contributed by atoms with Crippen LogP contribution in [0, 0.1) is 11.3 Å². The quantitative estimate of drug-likeness (QED) is 0.707. The third-order valence-corrected chi connectivity index (χ3v) is 3.51. The topological polar surface area (TPSA) is 23.8 Å². The summed E-state index contributed by atoms with van der Waals surface area (Å²) in [7, 11) is 0. The van der Waals surface area contributed by atoms with Gasteiger partial charge in [-0.05, 0) is 34.4 Å². The summed E-state index contributed by atoms with van der Waals surface area (Å²) >= 11 is 3.46. The fraction of sp³-hybridized carbons (Fsp3) is 0.0714. The zero-order valence-electron chi connectivity index (χ0n) is 8.44. The molecular weight excluding hydrogens is 262 g/mol. The molecule has 0 radical (unpaired) electrons. The number of rotatable bonds is 0. The number of hydrogen-bond acceptors (Lipinski definition) is 1. The molecule has 0 spiro atoms. The molecule has 1 atom stereocenters. The molecule has 1 aliphatic carbocycles. The van der Waals surface area contributed by atoms with Gasteiger partial charge < -0.3 is 0 Å². The Morgan fingerprint density at radius 1 is 1.00 bits per heavy atom. The molecular formula is C14H8BrN. The summed E-state index contributed by atoms with van der Waals surface area (Å²) in [6, 6.07) is 16.7. The van der Waals surface area contributed by atoms with Gasteiger partial charge in [-0.2, -0.15) is 5.26 Å². The summed E-state index contributed by atoms with van der Waals surface area (Å²) in [5.74, 6) is -0.122. The fourth-order valence-corrected chi connectivity index (χ4v) is 2.70. The number of hydrogen-bond donors (Lipinski definition) is 0. The molecule has 1 nitrogen and oxygen atoms in total. The molecule has 1 unspecified atom stereocenters. The Morgan fingerprint density at radius 2 is 1.75 bits per heavy atom. The van der Waals surface area contributed by atoms with Crippen molar-refractivity contribution in [2.45, 2.75) is 5.92 Å². The van der Waals surface area contributed by atoms with Crippen LogP contribution in [0.2, 0.25) is 0 Å². The predicted molar refractivity (Wildman–Crippen MR) is 67.0 cm³/mol. The lowest BCUT2D eigenvalue weighted by atomic mass is 9.99. The standard InChI is InChI=1S/C14H8BrN/c15-9-5-6-12-10-3-1-2-4-11(10)14(8-16)13(12)7-9/h1-7,14H. The highest BCUT2D eigenvalue weighted by Crippen LogP contribution is 2.44. The van der Waals surface area contributed by atoms with Crippen LogP contribution < -0.4 is 0 Å². The Balaban J connectivity index is 2.35. The molecule has 2 aromatic rings. The van der Waals surface area contributed by atoms with Crippen molar-refractivity contribution in [3.05, 3.63) is 58.1 Å². The van der Waals surface area contributed by atoms with Crippen molar-refractivity contribution in [1.29, 1.82) is 5.26 Å². The van der Waals surface area contributed by atoms with E-state index in [4.69, 9.17) is 0 Å². The Labute approximate surface area is 102 Å². The largest absolute Gasteiger partial charge is 0.197 e. The Morgan fingerprint density at radius 3 is 2.56 bits per heavy atom. The van der Waals surface area contributed by atoms with Crippen LogP contribution in [-0.2, 0) is 0 Å². The van der Waals surface area contributed by atoms with E-state index in [1.54, 1.807) is 0 Å². The SMILES string of the molecule is N#CC1c2ccccc2-c2ccc(Br)cc21. The lowest BCUT2D eigenvalue weighted by Crippen LogP contribution is -1.91. The van der Waals surface area contributed by atoms with Gasteiger partial charge in [-0.3, -0.25) is 0 Å². The molecule has 1 aliphatic rings. The minimum atomic E-state index is -0.122. The van der Waals surface area contributed by atoms with Gasteiger partial charge in [0.2, 0.25) is 0 Å². The summed E-state index contributed by atoms with van der Waals surface area (Å²) in [5.41, 5.74) is 4.61. The van der Waals surface area contributed by atoms with Gasteiger partial charge >= 0.3 is 0 Å². The van der Waals surface area contributed by atoms with Gasteiger partial charge in [-0.15, -0.1) is 0 Å². The van der Waals surface area contributed by atoms with Gasteiger partial charge in [0.25, 0.3) is 0 Å². The van der Waals surface area contributed by atoms with Gasteiger partial charge in [0.15, 0.2) is 0 Å². The third kappa shape index (κ3) is 1.22. The number of benzene rings is 2. The molecule has 0 aliphatic heterocycles. The first kappa shape index (κ1) is 9.62. The molecule has 0 saturated heterocycles. The van der Waals surface area contributed by atoms with E-state index in [0.29, 0.717) is 0 Å². The monoisotopic (exact) mass is 269 g/mol. The zero-order valence-corrected chi connectivity index (χ0v) is 10.0. The van der Waals surface area contributed by atoms with E-state index >= 15 is 0 Å². The van der Waals surface area contributed by atoms with Crippen molar-refractivity contribution in [3.63, 3.8) is 0 Å². The maximum Gasteiger partial charge on any atom is 0.0975 e. The molecule has 0 bridgehead atoms. The second-order valence-corrected chi connectivity index (χ2v) is 4.80. The number of nitrogens with zero attached hydrogens (tertiary/aromatic N) is 1. The van der Waals surface area contributed by atoms with E-state index in [-0.39, 0.29) is 5.92 Å². The maximum absolute atomic E-state index is 9.29. The normalized spacial score (nSPS) is 16.4. The van der Waals surface area contributed by atoms with Crippen LogP contribution in [-0.4, -0.2) is 0 Å². The van der Waals surface area contributed by atoms with Crippen molar-refractivity contribution < 1.29 is 0 Å². The van der Waals surface area contributed by atoms with E-state index in [1.807, 2.05) is 30.3 Å². The molecule has 0 fully saturated rings. The molecule has 0 aromatic heterocycles. The van der Waals surface area contributed by atoms with Crippen LogP contribution in [0.25, 0.3) is 11.1 Å². The molecule has 0 heterocycles. The second kappa shape index (κ2) is 3.47. The minimum Gasteiger partial charge on any atom is -0.197 e. The van der Waals surface area contributed by atoms with Crippen LogP contribution >= 0.6 is 15.9 Å². The zero-order chi connectivity index (χ0) is 11.1. The van der Waals surface area contributed by atoms with E-state index in [1.165, 1.54) is 11.1 Å². The lowest BCUT2D eigenvalue weighted by molar-refractivity contribution is 1.08. The highest BCUT2D eigenvalue weighted by molar-refractivity contribution is 9.10. The van der Waals surface area contributed by atoms with Crippen LogP contribution in [0.3, 0.4) is 0 Å². The predicted octanol–water partition coefficient (Wildman–Crippen LogP) is 4.08. The average molecular weight is 270 g/mol. The van der Waals surface area contributed by atoms with Gasteiger partial charge in [-0.25, -0.2) is 0 Å². The number of halogens is 1. The van der Waals surface area contributed by atoms with Crippen LogP contribution in [0.15, 0.2) is 46.9 Å². The number of fused-ring (bicyclic) bond motifs is 3. The minimum absolute atomic E-state index is 0.122. The van der Waals surface area contributed by atoms with Crippen LogP contribution in [0.4, 0.5) is 0 Å². The molecule has 16 heavy (non-hydrogen) atoms. The molecule has 76 valence electrons. The smallest absolute Gasteiger partial charge is 0.0975 e. The van der Waals surface area contributed by atoms with Crippen molar-refractivity contribution in [1.82, 2.24) is 0 Å². The summed E-state index contributed by atoms with van der Waals surface area (Å²) in [6.07, 6.45) is 0. The summed E-state index contributed by atoms with van der Waals surface area (Å²) in [6.45, 7) is 0. The summed E-state index contributed by atoms with van der Waals surface area (Å²) in [4.78, 5) is 0. The van der Waals surface area contributed by atoms with Crippen molar-refractivity contribution >= 4 is 15.9 Å². The molecule has 3 rings (SSSR count).